The topological polar surface area (TPSA) is 184 Å². The van der Waals surface area contributed by atoms with Crippen LogP contribution in [0.15, 0.2) is 99.8 Å². The number of carbonyl (C=O) groups is 2. The van der Waals surface area contributed by atoms with Crippen molar-refractivity contribution in [3.63, 3.8) is 0 Å². The molecule has 0 saturated carbocycles. The van der Waals surface area contributed by atoms with Crippen molar-refractivity contribution < 1.29 is 19.1 Å². The van der Waals surface area contributed by atoms with Crippen molar-refractivity contribution in [3.8, 4) is 11.5 Å². The lowest BCUT2D eigenvalue weighted by molar-refractivity contribution is -0.122. The van der Waals surface area contributed by atoms with Gasteiger partial charge < -0.3 is 41.4 Å². The maximum Gasteiger partial charge on any atom is 0.222 e. The standard InChI is InChI=1S/C52H69ClN10O4S/c1-6-56-47(64)31-43-51(55)62(33(2)54)45-25-21-38(66-4)29-41(45)49(58-43)36-17-23-40(24-18-36)68-28-14-12-10-8-7-9-11-13-27-57-48(65)32-44-52-61-60-34(3)63(52)46-26-22-39(67-5)30-42(46)50(59-44)35-15-19-37(53)20-16-35/h15-26,29-30,33-34,43-44,51-52,60-61H,6-14,27-28,31-32,54-55H2,1-5H3,(H,56,64)(H,57,65)/t33?,34?,43-,44-,51?,52?/m0/s1. The second-order valence-electron chi connectivity index (χ2n) is 17.7. The van der Waals surface area contributed by atoms with Crippen molar-refractivity contribution >= 4 is 58.0 Å². The molecule has 2 amide bonds. The summed E-state index contributed by atoms with van der Waals surface area (Å²) < 4.78 is 11.2. The van der Waals surface area contributed by atoms with Crippen LogP contribution in [0.2, 0.25) is 5.02 Å². The van der Waals surface area contributed by atoms with Gasteiger partial charge in [0.15, 0.2) is 0 Å². The maximum atomic E-state index is 13.4. The first-order valence-corrected chi connectivity index (χ1v) is 25.5. The molecule has 4 aromatic rings. The van der Waals surface area contributed by atoms with Gasteiger partial charge in [-0.15, -0.1) is 11.8 Å². The summed E-state index contributed by atoms with van der Waals surface area (Å²) in [6.07, 6.45) is 8.33. The summed E-state index contributed by atoms with van der Waals surface area (Å²) in [6, 6.07) is 27.2. The summed E-state index contributed by atoms with van der Waals surface area (Å²) in [7, 11) is 3.31. The van der Waals surface area contributed by atoms with Crippen molar-refractivity contribution in [3.05, 3.63) is 112 Å². The Morgan fingerprint density at radius 2 is 1.29 bits per heavy atom. The predicted octanol–water partition coefficient (Wildman–Crippen LogP) is 7.72. The molecular weight excluding hydrogens is 896 g/mol. The largest absolute Gasteiger partial charge is 0.497 e. The Labute approximate surface area is 411 Å². The number of benzodiazepines with no additional fused rings is 1. The molecule has 4 aromatic carbocycles. The fourth-order valence-electron chi connectivity index (χ4n) is 9.32. The van der Waals surface area contributed by atoms with E-state index in [2.05, 4.69) is 63.6 Å². The molecule has 3 aliphatic heterocycles. The number of anilines is 2. The first kappa shape index (κ1) is 50.7. The molecule has 16 heteroatoms. The highest BCUT2D eigenvalue weighted by Gasteiger charge is 2.41. The molecule has 0 aromatic heterocycles. The van der Waals surface area contributed by atoms with E-state index in [1.807, 2.05) is 85.1 Å². The second kappa shape index (κ2) is 24.4. The number of rotatable bonds is 22. The molecule has 6 atom stereocenters. The monoisotopic (exact) mass is 964 g/mol. The Hall–Kier alpha value is -5.16. The number of methoxy groups -OCH3 is 2. The fraction of sp³-hybridized carbons (Fsp3) is 0.462. The van der Waals surface area contributed by atoms with Gasteiger partial charge in [0.2, 0.25) is 11.8 Å². The van der Waals surface area contributed by atoms with Crippen molar-refractivity contribution in [2.24, 2.45) is 21.5 Å². The van der Waals surface area contributed by atoms with Crippen LogP contribution in [0.3, 0.4) is 0 Å². The van der Waals surface area contributed by atoms with Gasteiger partial charge in [-0.05, 0) is 100 Å². The van der Waals surface area contributed by atoms with Crippen LogP contribution in [0.1, 0.15) is 107 Å². The Balaban J connectivity index is 0.835. The number of hydrazine groups is 1. The third-order valence-electron chi connectivity index (χ3n) is 12.8. The molecule has 1 saturated heterocycles. The SMILES string of the molecule is CCNC(=O)C[C@@H]1N=C(c2ccc(SCCCCCCCCCCNC(=O)C[C@@H]3N=C(c4ccc(Cl)cc4)c4cc(OC)ccc4N4C(C)NNC34)cc2)c2cc(OC)ccc2N(C(C)N)C1N. The van der Waals surface area contributed by atoms with Crippen LogP contribution in [-0.2, 0) is 9.59 Å². The van der Waals surface area contributed by atoms with Gasteiger partial charge in [0.25, 0.3) is 0 Å². The Morgan fingerprint density at radius 3 is 1.91 bits per heavy atom. The van der Waals surface area contributed by atoms with E-state index in [4.69, 9.17) is 42.5 Å². The lowest BCUT2D eigenvalue weighted by Gasteiger charge is -2.36. The molecule has 0 aliphatic carbocycles. The van der Waals surface area contributed by atoms with Crippen LogP contribution in [0.4, 0.5) is 11.4 Å². The normalized spacial score (nSPS) is 20.2. The molecule has 0 radical (unpaired) electrons. The van der Waals surface area contributed by atoms with E-state index < -0.39 is 18.4 Å². The minimum Gasteiger partial charge on any atom is -0.497 e. The van der Waals surface area contributed by atoms with E-state index in [0.717, 1.165) is 82.2 Å². The van der Waals surface area contributed by atoms with Gasteiger partial charge in [0.05, 0.1) is 62.9 Å². The smallest absolute Gasteiger partial charge is 0.222 e. The molecular formula is C52H69ClN10O4S. The van der Waals surface area contributed by atoms with Crippen LogP contribution in [0, 0.1) is 0 Å². The molecule has 7 rings (SSSR count). The van der Waals surface area contributed by atoms with Gasteiger partial charge in [-0.2, -0.15) is 0 Å². The average molecular weight is 966 g/mol. The van der Waals surface area contributed by atoms with Gasteiger partial charge in [-0.1, -0.05) is 74.4 Å². The average Bonchev–Trinajstić information content (AvgIpc) is 3.60. The van der Waals surface area contributed by atoms with Gasteiger partial charge in [-0.3, -0.25) is 19.6 Å². The maximum absolute atomic E-state index is 13.4. The zero-order valence-corrected chi connectivity index (χ0v) is 41.7. The Kier molecular flexibility index (Phi) is 18.2. The molecule has 4 unspecified atom stereocenters. The van der Waals surface area contributed by atoms with Crippen LogP contribution in [0.25, 0.3) is 0 Å². The molecule has 0 bridgehead atoms. The zero-order valence-electron chi connectivity index (χ0n) is 40.1. The molecule has 3 heterocycles. The molecule has 1 fully saturated rings. The minimum absolute atomic E-state index is 0.00371. The number of hydrogen-bond acceptors (Lipinski definition) is 13. The summed E-state index contributed by atoms with van der Waals surface area (Å²) in [5, 5.41) is 6.73. The van der Waals surface area contributed by atoms with Crippen molar-refractivity contribution in [2.75, 3.05) is 42.9 Å². The van der Waals surface area contributed by atoms with Gasteiger partial charge in [0.1, 0.15) is 23.8 Å². The predicted molar refractivity (Wildman–Crippen MR) is 277 cm³/mol. The Morgan fingerprint density at radius 1 is 0.750 bits per heavy atom. The molecule has 3 aliphatic rings. The van der Waals surface area contributed by atoms with E-state index >= 15 is 0 Å². The number of aliphatic imine (C=N–C) groups is 2. The number of ether oxygens (including phenoxy) is 2. The van der Waals surface area contributed by atoms with Gasteiger partial charge >= 0.3 is 0 Å². The number of benzene rings is 4. The van der Waals surface area contributed by atoms with Crippen LogP contribution < -0.4 is 52.2 Å². The van der Waals surface area contributed by atoms with Gasteiger partial charge in [-0.25, -0.2) is 10.9 Å². The molecule has 364 valence electrons. The number of nitrogens with two attached hydrogens (primary N) is 2. The minimum atomic E-state index is -0.600. The second-order valence-corrected chi connectivity index (χ2v) is 19.3. The van der Waals surface area contributed by atoms with Gasteiger partial charge in [0, 0.05) is 56.6 Å². The van der Waals surface area contributed by atoms with Crippen molar-refractivity contribution in [1.82, 2.24) is 21.5 Å². The quantitative estimate of drug-likeness (QED) is 0.0335. The fourth-order valence-corrected chi connectivity index (χ4v) is 10.4. The van der Waals surface area contributed by atoms with Crippen LogP contribution >= 0.6 is 23.4 Å². The van der Waals surface area contributed by atoms with Crippen molar-refractivity contribution in [1.29, 1.82) is 0 Å². The van der Waals surface area contributed by atoms with E-state index in [-0.39, 0.29) is 43.0 Å². The highest BCUT2D eigenvalue weighted by atomic mass is 35.5. The lowest BCUT2D eigenvalue weighted by atomic mass is 9.99. The first-order chi connectivity index (χ1) is 33.0. The summed E-state index contributed by atoms with van der Waals surface area (Å²) in [5.74, 6) is 2.39. The number of hydrogen-bond donors (Lipinski definition) is 6. The number of amides is 2. The number of nitrogens with zero attached hydrogens (tertiary/aromatic N) is 4. The van der Waals surface area contributed by atoms with E-state index in [1.54, 1.807) is 14.2 Å². The van der Waals surface area contributed by atoms with E-state index in [9.17, 15) is 9.59 Å². The third-order valence-corrected chi connectivity index (χ3v) is 14.2. The lowest BCUT2D eigenvalue weighted by Crippen LogP contribution is -2.56. The Bertz CT molecular complexity index is 2380. The molecule has 8 N–H and O–H groups in total. The third kappa shape index (κ3) is 12.5. The van der Waals surface area contributed by atoms with Crippen LogP contribution in [0.5, 0.6) is 11.5 Å². The van der Waals surface area contributed by atoms with E-state index in [1.165, 1.54) is 30.6 Å². The number of unbranched alkanes of at least 4 members (excludes halogenated alkanes) is 7. The number of carbonyl (C=O) groups excluding carboxylic acids is 2. The highest BCUT2D eigenvalue weighted by molar-refractivity contribution is 7.99. The summed E-state index contributed by atoms with van der Waals surface area (Å²) >= 11 is 8.14. The van der Waals surface area contributed by atoms with E-state index in [0.29, 0.717) is 23.9 Å². The number of fused-ring (bicyclic) bond motifs is 4. The number of thioether (sulfide) groups is 1. The summed E-state index contributed by atoms with van der Waals surface area (Å²) in [4.78, 5) is 42.1. The molecule has 14 nitrogen and oxygen atoms in total. The number of halogens is 1. The summed E-state index contributed by atoms with van der Waals surface area (Å²) in [5.41, 5.74) is 27.2. The molecule has 68 heavy (non-hydrogen) atoms. The molecule has 0 spiro atoms. The van der Waals surface area contributed by atoms with Crippen molar-refractivity contribution in [2.45, 2.75) is 127 Å². The van der Waals surface area contributed by atoms with Crippen LogP contribution in [-0.4, -0.2) is 93.0 Å². The highest BCUT2D eigenvalue weighted by Crippen LogP contribution is 2.37. The first-order valence-electron chi connectivity index (χ1n) is 24.1. The number of nitrogens with one attached hydrogen (secondary N) is 4. The summed E-state index contributed by atoms with van der Waals surface area (Å²) in [6.45, 7) is 7.08. The zero-order chi connectivity index (χ0) is 48.2.